The number of aryl methyl sites for hydroxylation is 1. The van der Waals surface area contributed by atoms with E-state index in [0.717, 1.165) is 12.8 Å². The van der Waals surface area contributed by atoms with Gasteiger partial charge in [0.05, 0.1) is 6.42 Å². The second-order valence-electron chi connectivity index (χ2n) is 4.75. The summed E-state index contributed by atoms with van der Waals surface area (Å²) >= 11 is 1.70. The van der Waals surface area contributed by atoms with Crippen molar-refractivity contribution in [3.63, 3.8) is 0 Å². The highest BCUT2D eigenvalue weighted by Gasteiger charge is 2.05. The number of thiophene rings is 1. The quantitative estimate of drug-likeness (QED) is 0.824. The maximum atomic E-state index is 11.9. The van der Waals surface area contributed by atoms with Gasteiger partial charge in [-0.2, -0.15) is 0 Å². The SMILES string of the molecule is O=C(O)Cc1cccc(NC(=O)CCCc2cccs2)c1. The molecule has 5 heteroatoms. The van der Waals surface area contributed by atoms with Gasteiger partial charge in [0.1, 0.15) is 0 Å². The Kier molecular flexibility index (Phi) is 5.51. The maximum Gasteiger partial charge on any atom is 0.307 e. The van der Waals surface area contributed by atoms with Crippen molar-refractivity contribution in [3.05, 3.63) is 52.2 Å². The van der Waals surface area contributed by atoms with E-state index in [-0.39, 0.29) is 12.3 Å². The van der Waals surface area contributed by atoms with E-state index in [0.29, 0.717) is 17.7 Å². The fraction of sp³-hybridized carbons (Fsp3) is 0.250. The lowest BCUT2D eigenvalue weighted by atomic mass is 10.1. The largest absolute Gasteiger partial charge is 0.481 e. The Morgan fingerprint density at radius 1 is 1.19 bits per heavy atom. The van der Waals surface area contributed by atoms with Crippen molar-refractivity contribution in [2.45, 2.75) is 25.7 Å². The lowest BCUT2D eigenvalue weighted by Gasteiger charge is -2.06. The minimum atomic E-state index is -0.880. The predicted molar refractivity (Wildman–Crippen MR) is 83.7 cm³/mol. The number of anilines is 1. The van der Waals surface area contributed by atoms with Crippen LogP contribution in [0.3, 0.4) is 0 Å². The van der Waals surface area contributed by atoms with Crippen molar-refractivity contribution < 1.29 is 14.7 Å². The first kappa shape index (κ1) is 15.3. The number of hydrogen-bond donors (Lipinski definition) is 2. The van der Waals surface area contributed by atoms with Crippen molar-refractivity contribution in [1.29, 1.82) is 0 Å². The van der Waals surface area contributed by atoms with Gasteiger partial charge in [0.25, 0.3) is 0 Å². The molecule has 1 amide bonds. The maximum absolute atomic E-state index is 11.9. The summed E-state index contributed by atoms with van der Waals surface area (Å²) in [5, 5.41) is 13.6. The molecule has 0 unspecified atom stereocenters. The van der Waals surface area contributed by atoms with Crippen LogP contribution in [0.2, 0.25) is 0 Å². The number of aliphatic carboxylic acids is 1. The van der Waals surface area contributed by atoms with Crippen LogP contribution in [0, 0.1) is 0 Å². The van der Waals surface area contributed by atoms with Crippen LogP contribution in [-0.2, 0) is 22.4 Å². The molecule has 21 heavy (non-hydrogen) atoms. The average molecular weight is 303 g/mol. The van der Waals surface area contributed by atoms with Gasteiger partial charge in [-0.1, -0.05) is 18.2 Å². The molecule has 0 aliphatic rings. The highest BCUT2D eigenvalue weighted by Crippen LogP contribution is 2.14. The molecule has 0 aliphatic carbocycles. The van der Waals surface area contributed by atoms with E-state index in [1.807, 2.05) is 11.4 Å². The number of carboxylic acid groups (broad SMARTS) is 1. The van der Waals surface area contributed by atoms with Crippen molar-refractivity contribution in [2.75, 3.05) is 5.32 Å². The second-order valence-corrected chi connectivity index (χ2v) is 5.78. The topological polar surface area (TPSA) is 66.4 Å². The molecule has 110 valence electrons. The zero-order valence-electron chi connectivity index (χ0n) is 11.5. The van der Waals surface area contributed by atoms with E-state index >= 15 is 0 Å². The van der Waals surface area contributed by atoms with E-state index in [2.05, 4.69) is 11.4 Å². The number of carbonyl (C=O) groups excluding carboxylic acids is 1. The van der Waals surface area contributed by atoms with E-state index in [1.54, 1.807) is 35.6 Å². The van der Waals surface area contributed by atoms with Crippen LogP contribution in [0.1, 0.15) is 23.3 Å². The van der Waals surface area contributed by atoms with Crippen LogP contribution in [0.15, 0.2) is 41.8 Å². The molecule has 0 saturated carbocycles. The molecule has 0 radical (unpaired) electrons. The number of carboxylic acids is 1. The fourth-order valence-electron chi connectivity index (χ4n) is 2.04. The van der Waals surface area contributed by atoms with Gasteiger partial charge in [0.15, 0.2) is 0 Å². The lowest BCUT2D eigenvalue weighted by Crippen LogP contribution is -2.11. The molecule has 2 N–H and O–H groups in total. The normalized spacial score (nSPS) is 10.3. The van der Waals surface area contributed by atoms with Crippen LogP contribution in [0.25, 0.3) is 0 Å². The summed E-state index contributed by atoms with van der Waals surface area (Å²) in [7, 11) is 0. The summed E-state index contributed by atoms with van der Waals surface area (Å²) in [5.41, 5.74) is 1.33. The van der Waals surface area contributed by atoms with Gasteiger partial charge in [-0.3, -0.25) is 9.59 Å². The molecule has 1 heterocycles. The molecular weight excluding hydrogens is 286 g/mol. The van der Waals surface area contributed by atoms with Crippen LogP contribution in [0.4, 0.5) is 5.69 Å². The van der Waals surface area contributed by atoms with Crippen LogP contribution < -0.4 is 5.32 Å². The zero-order chi connectivity index (χ0) is 15.1. The van der Waals surface area contributed by atoms with Gasteiger partial charge in [-0.15, -0.1) is 11.3 Å². The van der Waals surface area contributed by atoms with E-state index in [1.165, 1.54) is 4.88 Å². The first-order valence-electron chi connectivity index (χ1n) is 6.76. The van der Waals surface area contributed by atoms with E-state index in [4.69, 9.17) is 5.11 Å². The van der Waals surface area contributed by atoms with Crippen molar-refractivity contribution >= 4 is 28.9 Å². The van der Waals surface area contributed by atoms with E-state index < -0.39 is 5.97 Å². The van der Waals surface area contributed by atoms with Gasteiger partial charge in [-0.05, 0) is 42.0 Å². The molecule has 1 aromatic carbocycles. The van der Waals surface area contributed by atoms with Crippen LogP contribution >= 0.6 is 11.3 Å². The molecule has 2 aromatic rings. The standard InChI is InChI=1S/C16H17NO3S/c18-15(8-2-6-14-7-3-9-21-14)17-13-5-1-4-12(10-13)11-16(19)20/h1,3-5,7,9-10H,2,6,8,11H2,(H,17,18)(H,19,20). The molecule has 0 saturated heterocycles. The Morgan fingerprint density at radius 3 is 2.76 bits per heavy atom. The molecule has 0 spiro atoms. The van der Waals surface area contributed by atoms with Gasteiger partial charge < -0.3 is 10.4 Å². The summed E-state index contributed by atoms with van der Waals surface area (Å²) in [6.45, 7) is 0. The monoisotopic (exact) mass is 303 g/mol. The number of carbonyl (C=O) groups is 2. The molecule has 2 rings (SSSR count). The number of benzene rings is 1. The highest BCUT2D eigenvalue weighted by atomic mass is 32.1. The van der Waals surface area contributed by atoms with Gasteiger partial charge >= 0.3 is 5.97 Å². The van der Waals surface area contributed by atoms with Crippen molar-refractivity contribution in [2.24, 2.45) is 0 Å². The Morgan fingerprint density at radius 2 is 2.05 bits per heavy atom. The van der Waals surface area contributed by atoms with Crippen LogP contribution in [0.5, 0.6) is 0 Å². The third-order valence-corrected chi connectivity index (χ3v) is 3.91. The summed E-state index contributed by atoms with van der Waals surface area (Å²) in [5.74, 6) is -0.923. The summed E-state index contributed by atoms with van der Waals surface area (Å²) in [6.07, 6.45) is 2.13. The fourth-order valence-corrected chi connectivity index (χ4v) is 2.79. The molecule has 0 bridgehead atoms. The molecule has 0 atom stereocenters. The molecule has 4 nitrogen and oxygen atoms in total. The smallest absolute Gasteiger partial charge is 0.307 e. The summed E-state index contributed by atoms with van der Waals surface area (Å²) in [4.78, 5) is 23.8. The van der Waals surface area contributed by atoms with Gasteiger partial charge in [0.2, 0.25) is 5.91 Å². The van der Waals surface area contributed by atoms with Crippen molar-refractivity contribution in [3.8, 4) is 0 Å². The number of rotatable bonds is 7. The van der Waals surface area contributed by atoms with Gasteiger partial charge in [-0.25, -0.2) is 0 Å². The molecule has 0 aliphatic heterocycles. The first-order chi connectivity index (χ1) is 10.1. The molecule has 0 fully saturated rings. The number of hydrogen-bond acceptors (Lipinski definition) is 3. The Bertz CT molecular complexity index is 608. The third kappa shape index (κ3) is 5.39. The Labute approximate surface area is 127 Å². The minimum Gasteiger partial charge on any atom is -0.481 e. The number of nitrogens with one attached hydrogen (secondary N) is 1. The third-order valence-electron chi connectivity index (χ3n) is 2.97. The zero-order valence-corrected chi connectivity index (χ0v) is 12.4. The van der Waals surface area contributed by atoms with E-state index in [9.17, 15) is 9.59 Å². The van der Waals surface area contributed by atoms with Crippen LogP contribution in [-0.4, -0.2) is 17.0 Å². The second kappa shape index (κ2) is 7.59. The molecule has 1 aromatic heterocycles. The van der Waals surface area contributed by atoms with Crippen molar-refractivity contribution in [1.82, 2.24) is 0 Å². The summed E-state index contributed by atoms with van der Waals surface area (Å²) in [6, 6.07) is 11.0. The molecular formula is C16H17NO3S. The average Bonchev–Trinajstić information content (AvgIpc) is 2.91. The Balaban J connectivity index is 1.80. The first-order valence-corrected chi connectivity index (χ1v) is 7.64. The van der Waals surface area contributed by atoms with Gasteiger partial charge in [0, 0.05) is 17.0 Å². The highest BCUT2D eigenvalue weighted by molar-refractivity contribution is 7.09. The predicted octanol–water partition coefficient (Wildman–Crippen LogP) is 3.34. The Hall–Kier alpha value is -2.14. The minimum absolute atomic E-state index is 0.0396. The lowest BCUT2D eigenvalue weighted by molar-refractivity contribution is -0.136. The summed E-state index contributed by atoms with van der Waals surface area (Å²) < 4.78 is 0. The number of amides is 1.